The van der Waals surface area contributed by atoms with Crippen molar-refractivity contribution in [2.24, 2.45) is 0 Å². The maximum Gasteiger partial charge on any atom is 0.243 e. The van der Waals surface area contributed by atoms with Crippen LogP contribution in [0.4, 0.5) is 0 Å². The molecular weight excluding hydrogens is 337 g/mol. The van der Waals surface area contributed by atoms with Crippen LogP contribution in [-0.2, 0) is 14.8 Å². The van der Waals surface area contributed by atoms with E-state index < -0.39 is 10.0 Å². The van der Waals surface area contributed by atoms with Crippen molar-refractivity contribution >= 4 is 33.2 Å². The third-order valence-corrected chi connectivity index (χ3v) is 6.01. The molecule has 21 heavy (non-hydrogen) atoms. The van der Waals surface area contributed by atoms with Crippen LogP contribution in [0.1, 0.15) is 12.8 Å². The molecule has 1 aliphatic heterocycles. The standard InChI is InChI=1S/C13H17Cl2NO4S/c14-12-2-1-11(9-13(12)15)21(18,19)16-5-3-10(4-6-16)20-8-7-17/h1-2,9-10,17H,3-8H2. The summed E-state index contributed by atoms with van der Waals surface area (Å²) in [7, 11) is -3.56. The molecule has 0 aromatic heterocycles. The van der Waals surface area contributed by atoms with Crippen LogP contribution in [0.2, 0.25) is 10.0 Å². The first-order valence-electron chi connectivity index (χ1n) is 6.63. The van der Waals surface area contributed by atoms with Gasteiger partial charge in [0.1, 0.15) is 0 Å². The van der Waals surface area contributed by atoms with Gasteiger partial charge in [0, 0.05) is 13.1 Å². The van der Waals surface area contributed by atoms with Crippen LogP contribution in [0.25, 0.3) is 0 Å². The minimum atomic E-state index is -3.56. The molecule has 1 N–H and O–H groups in total. The first-order chi connectivity index (χ1) is 9.95. The first-order valence-corrected chi connectivity index (χ1v) is 8.82. The van der Waals surface area contributed by atoms with Gasteiger partial charge in [-0.05, 0) is 31.0 Å². The number of sulfonamides is 1. The van der Waals surface area contributed by atoms with E-state index in [4.69, 9.17) is 33.0 Å². The summed E-state index contributed by atoms with van der Waals surface area (Å²) in [6, 6.07) is 4.30. The molecule has 1 heterocycles. The lowest BCUT2D eigenvalue weighted by atomic mass is 10.1. The molecule has 1 fully saturated rings. The summed E-state index contributed by atoms with van der Waals surface area (Å²) < 4.78 is 31.9. The molecule has 118 valence electrons. The number of piperidine rings is 1. The van der Waals surface area contributed by atoms with E-state index in [0.29, 0.717) is 31.0 Å². The number of halogens is 2. The number of hydrogen-bond acceptors (Lipinski definition) is 4. The van der Waals surface area contributed by atoms with Crippen LogP contribution in [0, 0.1) is 0 Å². The van der Waals surface area contributed by atoms with Gasteiger partial charge in [0.15, 0.2) is 0 Å². The largest absolute Gasteiger partial charge is 0.394 e. The molecule has 0 aliphatic carbocycles. The number of ether oxygens (including phenoxy) is 1. The van der Waals surface area contributed by atoms with Gasteiger partial charge in [-0.25, -0.2) is 8.42 Å². The summed E-state index contributed by atoms with van der Waals surface area (Å²) in [6.45, 7) is 1.03. The van der Waals surface area contributed by atoms with Gasteiger partial charge in [-0.2, -0.15) is 4.31 Å². The Labute approximate surface area is 134 Å². The molecule has 0 bridgehead atoms. The highest BCUT2D eigenvalue weighted by Crippen LogP contribution is 2.28. The van der Waals surface area contributed by atoms with Crippen molar-refractivity contribution in [3.8, 4) is 0 Å². The zero-order valence-corrected chi connectivity index (χ0v) is 13.7. The van der Waals surface area contributed by atoms with Crippen LogP contribution in [0.3, 0.4) is 0 Å². The predicted molar refractivity (Wildman–Crippen MR) is 81.3 cm³/mol. The van der Waals surface area contributed by atoms with E-state index in [1.807, 2.05) is 0 Å². The lowest BCUT2D eigenvalue weighted by Gasteiger charge is -2.31. The average Bonchev–Trinajstić information content (AvgIpc) is 2.48. The lowest BCUT2D eigenvalue weighted by molar-refractivity contribution is 0.00318. The van der Waals surface area contributed by atoms with E-state index >= 15 is 0 Å². The number of nitrogens with zero attached hydrogens (tertiary/aromatic N) is 1. The van der Waals surface area contributed by atoms with E-state index in [1.54, 1.807) is 0 Å². The normalized spacial score (nSPS) is 18.0. The van der Waals surface area contributed by atoms with Crippen molar-refractivity contribution in [1.82, 2.24) is 4.31 Å². The molecule has 2 rings (SSSR count). The maximum absolute atomic E-state index is 12.5. The van der Waals surface area contributed by atoms with Gasteiger partial charge in [0.25, 0.3) is 0 Å². The SMILES string of the molecule is O=S(=O)(c1ccc(Cl)c(Cl)c1)N1CCC(OCCO)CC1. The predicted octanol–water partition coefficient (Wildman–Crippen LogP) is 2.16. The zero-order valence-electron chi connectivity index (χ0n) is 11.3. The fourth-order valence-electron chi connectivity index (χ4n) is 2.24. The third kappa shape index (κ3) is 4.09. The Kier molecular flexibility index (Phi) is 5.88. The molecule has 0 atom stereocenters. The van der Waals surface area contributed by atoms with Crippen LogP contribution in [0.5, 0.6) is 0 Å². The van der Waals surface area contributed by atoms with E-state index in [-0.39, 0.29) is 29.2 Å². The number of hydrogen-bond donors (Lipinski definition) is 1. The highest BCUT2D eigenvalue weighted by Gasteiger charge is 2.29. The Bertz CT molecular complexity index is 586. The molecule has 0 spiro atoms. The Morgan fingerprint density at radius 2 is 1.90 bits per heavy atom. The molecule has 0 unspecified atom stereocenters. The highest BCUT2D eigenvalue weighted by molar-refractivity contribution is 7.89. The van der Waals surface area contributed by atoms with Crippen LogP contribution < -0.4 is 0 Å². The molecule has 1 aliphatic rings. The summed E-state index contributed by atoms with van der Waals surface area (Å²) in [5.74, 6) is 0. The summed E-state index contributed by atoms with van der Waals surface area (Å²) in [5.41, 5.74) is 0. The average molecular weight is 354 g/mol. The molecule has 1 saturated heterocycles. The van der Waals surface area contributed by atoms with Gasteiger partial charge in [-0.15, -0.1) is 0 Å². The molecule has 0 saturated carbocycles. The number of aliphatic hydroxyl groups excluding tert-OH is 1. The molecule has 1 aromatic carbocycles. The molecular formula is C13H17Cl2NO4S. The smallest absolute Gasteiger partial charge is 0.243 e. The highest BCUT2D eigenvalue weighted by atomic mass is 35.5. The van der Waals surface area contributed by atoms with Crippen LogP contribution >= 0.6 is 23.2 Å². The monoisotopic (exact) mass is 353 g/mol. The second-order valence-corrected chi connectivity index (χ2v) is 7.53. The van der Waals surface area contributed by atoms with Gasteiger partial charge in [0.05, 0.1) is 34.3 Å². The maximum atomic E-state index is 12.5. The van der Waals surface area contributed by atoms with Crippen molar-refractivity contribution in [3.05, 3.63) is 28.2 Å². The number of rotatable bonds is 5. The fraction of sp³-hybridized carbons (Fsp3) is 0.538. The Balaban J connectivity index is 2.06. The quantitative estimate of drug-likeness (QED) is 0.880. The van der Waals surface area contributed by atoms with Gasteiger partial charge in [-0.1, -0.05) is 23.2 Å². The molecule has 5 nitrogen and oxygen atoms in total. The number of aliphatic hydroxyl groups is 1. The van der Waals surface area contributed by atoms with Gasteiger partial charge in [-0.3, -0.25) is 0 Å². The van der Waals surface area contributed by atoms with Crippen LogP contribution in [-0.4, -0.2) is 50.2 Å². The third-order valence-electron chi connectivity index (χ3n) is 3.37. The van der Waals surface area contributed by atoms with E-state index in [1.165, 1.54) is 22.5 Å². The van der Waals surface area contributed by atoms with Crippen molar-refractivity contribution in [1.29, 1.82) is 0 Å². The zero-order chi connectivity index (χ0) is 15.5. The van der Waals surface area contributed by atoms with E-state index in [9.17, 15) is 8.42 Å². The molecule has 0 amide bonds. The Hall–Kier alpha value is -0.370. The first kappa shape index (κ1) is 17.0. The summed E-state index contributed by atoms with van der Waals surface area (Å²) in [6.07, 6.45) is 1.22. The van der Waals surface area contributed by atoms with Gasteiger partial charge in [0.2, 0.25) is 10.0 Å². The van der Waals surface area contributed by atoms with Crippen LogP contribution in [0.15, 0.2) is 23.1 Å². The van der Waals surface area contributed by atoms with Crippen molar-refractivity contribution in [2.75, 3.05) is 26.3 Å². The minimum Gasteiger partial charge on any atom is -0.394 e. The second kappa shape index (κ2) is 7.26. The van der Waals surface area contributed by atoms with Gasteiger partial charge >= 0.3 is 0 Å². The summed E-state index contributed by atoms with van der Waals surface area (Å²) >= 11 is 11.7. The summed E-state index contributed by atoms with van der Waals surface area (Å²) in [5, 5.41) is 9.27. The van der Waals surface area contributed by atoms with Gasteiger partial charge < -0.3 is 9.84 Å². The fourth-order valence-corrected chi connectivity index (χ4v) is 4.10. The summed E-state index contributed by atoms with van der Waals surface area (Å²) in [4.78, 5) is 0.145. The molecule has 8 heteroatoms. The van der Waals surface area contributed by atoms with E-state index in [2.05, 4.69) is 0 Å². The Morgan fingerprint density at radius 3 is 2.48 bits per heavy atom. The molecule has 0 radical (unpaired) electrons. The number of benzene rings is 1. The molecule has 1 aromatic rings. The van der Waals surface area contributed by atoms with Crippen molar-refractivity contribution < 1.29 is 18.3 Å². The lowest BCUT2D eigenvalue weighted by Crippen LogP contribution is -2.41. The van der Waals surface area contributed by atoms with Crippen molar-refractivity contribution in [2.45, 2.75) is 23.8 Å². The second-order valence-electron chi connectivity index (χ2n) is 4.77. The van der Waals surface area contributed by atoms with Crippen molar-refractivity contribution in [3.63, 3.8) is 0 Å². The topological polar surface area (TPSA) is 66.8 Å². The van der Waals surface area contributed by atoms with E-state index in [0.717, 1.165) is 0 Å². The Morgan fingerprint density at radius 1 is 1.24 bits per heavy atom. The minimum absolute atomic E-state index is 0.00240.